The molecule has 0 aliphatic rings. The molecule has 1 heterocycles. The Morgan fingerprint density at radius 2 is 2.00 bits per heavy atom. The van der Waals surface area contributed by atoms with Gasteiger partial charge in [0.1, 0.15) is 5.75 Å². The molecule has 20 heavy (non-hydrogen) atoms. The van der Waals surface area contributed by atoms with E-state index in [1.165, 1.54) is 0 Å². The SMILES string of the molecule is CCC(N)Cc1cnc(-c2ccc(OC)c(Br)c2)nc1. The van der Waals surface area contributed by atoms with Crippen LogP contribution in [0.4, 0.5) is 0 Å². The van der Waals surface area contributed by atoms with E-state index in [4.69, 9.17) is 10.5 Å². The third-order valence-electron chi connectivity index (χ3n) is 3.14. The van der Waals surface area contributed by atoms with Gasteiger partial charge in [-0.1, -0.05) is 6.92 Å². The fraction of sp³-hybridized carbons (Fsp3) is 0.333. The quantitative estimate of drug-likeness (QED) is 0.911. The number of methoxy groups -OCH3 is 1. The molecule has 0 saturated carbocycles. The minimum absolute atomic E-state index is 0.166. The fourth-order valence-corrected chi connectivity index (χ4v) is 2.40. The summed E-state index contributed by atoms with van der Waals surface area (Å²) in [5.41, 5.74) is 7.94. The first-order valence-electron chi connectivity index (χ1n) is 6.54. The smallest absolute Gasteiger partial charge is 0.159 e. The molecule has 0 amide bonds. The highest BCUT2D eigenvalue weighted by Gasteiger charge is 2.07. The molecule has 4 nitrogen and oxygen atoms in total. The first-order chi connectivity index (χ1) is 9.63. The monoisotopic (exact) mass is 335 g/mol. The number of ether oxygens (including phenoxy) is 1. The lowest BCUT2D eigenvalue weighted by molar-refractivity contribution is 0.412. The van der Waals surface area contributed by atoms with Crippen LogP contribution in [0.25, 0.3) is 11.4 Å². The maximum absolute atomic E-state index is 5.93. The normalized spacial score (nSPS) is 12.2. The highest BCUT2D eigenvalue weighted by Crippen LogP contribution is 2.28. The Morgan fingerprint density at radius 3 is 2.55 bits per heavy atom. The first-order valence-corrected chi connectivity index (χ1v) is 7.33. The van der Waals surface area contributed by atoms with Crippen molar-refractivity contribution in [2.24, 2.45) is 5.73 Å². The van der Waals surface area contributed by atoms with E-state index < -0.39 is 0 Å². The second-order valence-electron chi connectivity index (χ2n) is 4.64. The van der Waals surface area contributed by atoms with Crippen molar-refractivity contribution in [3.8, 4) is 17.1 Å². The number of hydrogen-bond acceptors (Lipinski definition) is 4. The number of benzene rings is 1. The molecule has 2 aromatic rings. The zero-order chi connectivity index (χ0) is 14.5. The Labute approximate surface area is 127 Å². The van der Waals surface area contributed by atoms with Crippen molar-refractivity contribution >= 4 is 15.9 Å². The molecule has 0 fully saturated rings. The summed E-state index contributed by atoms with van der Waals surface area (Å²) in [6, 6.07) is 5.95. The number of nitrogens with two attached hydrogens (primary N) is 1. The summed E-state index contributed by atoms with van der Waals surface area (Å²) in [4.78, 5) is 8.81. The van der Waals surface area contributed by atoms with Gasteiger partial charge in [-0.15, -0.1) is 0 Å². The van der Waals surface area contributed by atoms with Gasteiger partial charge >= 0.3 is 0 Å². The van der Waals surface area contributed by atoms with Crippen LogP contribution in [0.5, 0.6) is 5.75 Å². The third-order valence-corrected chi connectivity index (χ3v) is 3.76. The molecule has 2 rings (SSSR count). The second-order valence-corrected chi connectivity index (χ2v) is 5.49. The van der Waals surface area contributed by atoms with Crippen LogP contribution in [-0.4, -0.2) is 23.1 Å². The summed E-state index contributed by atoms with van der Waals surface area (Å²) in [5.74, 6) is 1.49. The van der Waals surface area contributed by atoms with Gasteiger partial charge in [0.05, 0.1) is 11.6 Å². The van der Waals surface area contributed by atoms with Crippen molar-refractivity contribution in [3.05, 3.63) is 40.6 Å². The van der Waals surface area contributed by atoms with Crippen LogP contribution in [-0.2, 0) is 6.42 Å². The molecule has 1 atom stereocenters. The van der Waals surface area contributed by atoms with Gasteiger partial charge in [0.15, 0.2) is 5.82 Å². The number of hydrogen-bond donors (Lipinski definition) is 1. The van der Waals surface area contributed by atoms with Crippen molar-refractivity contribution < 1.29 is 4.74 Å². The van der Waals surface area contributed by atoms with Gasteiger partial charge in [0.2, 0.25) is 0 Å². The predicted molar refractivity (Wildman–Crippen MR) is 83.7 cm³/mol. The molecular weight excluding hydrogens is 318 g/mol. The van der Waals surface area contributed by atoms with Gasteiger partial charge in [0, 0.05) is 24.0 Å². The minimum atomic E-state index is 0.166. The number of nitrogens with zero attached hydrogens (tertiary/aromatic N) is 2. The zero-order valence-corrected chi connectivity index (χ0v) is 13.2. The Balaban J connectivity index is 2.19. The van der Waals surface area contributed by atoms with Crippen molar-refractivity contribution in [3.63, 3.8) is 0 Å². The maximum atomic E-state index is 5.93. The van der Waals surface area contributed by atoms with E-state index in [1.54, 1.807) is 7.11 Å². The lowest BCUT2D eigenvalue weighted by Crippen LogP contribution is -2.21. The Bertz CT molecular complexity index is 572. The molecule has 1 aromatic heterocycles. The van der Waals surface area contributed by atoms with Crippen LogP contribution in [0.15, 0.2) is 35.1 Å². The van der Waals surface area contributed by atoms with E-state index in [-0.39, 0.29) is 6.04 Å². The molecule has 0 spiro atoms. The van der Waals surface area contributed by atoms with Gasteiger partial charge < -0.3 is 10.5 Å². The Kier molecular flexibility index (Phi) is 5.09. The lowest BCUT2D eigenvalue weighted by Gasteiger charge is -2.09. The standard InChI is InChI=1S/C15H18BrN3O/c1-3-12(17)6-10-8-18-15(19-9-10)11-4-5-14(20-2)13(16)7-11/h4-5,7-9,12H,3,6,17H2,1-2H3. The molecular formula is C15H18BrN3O. The van der Waals surface area contributed by atoms with E-state index in [9.17, 15) is 0 Å². The van der Waals surface area contributed by atoms with Gasteiger partial charge in [-0.05, 0) is 52.5 Å². The van der Waals surface area contributed by atoms with Crippen molar-refractivity contribution in [2.75, 3.05) is 7.11 Å². The van der Waals surface area contributed by atoms with Gasteiger partial charge in [0.25, 0.3) is 0 Å². The average Bonchev–Trinajstić information content (AvgIpc) is 2.47. The van der Waals surface area contributed by atoms with Crippen LogP contribution in [0.1, 0.15) is 18.9 Å². The molecule has 2 N–H and O–H groups in total. The summed E-state index contributed by atoms with van der Waals surface area (Å²) < 4.78 is 6.10. The van der Waals surface area contributed by atoms with Crippen molar-refractivity contribution in [2.45, 2.75) is 25.8 Å². The maximum Gasteiger partial charge on any atom is 0.159 e. The fourth-order valence-electron chi connectivity index (χ4n) is 1.86. The van der Waals surface area contributed by atoms with Crippen LogP contribution < -0.4 is 10.5 Å². The predicted octanol–water partition coefficient (Wildman–Crippen LogP) is 3.19. The molecule has 0 saturated heterocycles. The van der Waals surface area contributed by atoms with Gasteiger partial charge in [-0.25, -0.2) is 9.97 Å². The highest BCUT2D eigenvalue weighted by molar-refractivity contribution is 9.10. The minimum Gasteiger partial charge on any atom is -0.496 e. The first kappa shape index (κ1) is 14.9. The number of aromatic nitrogens is 2. The Morgan fingerprint density at radius 1 is 1.30 bits per heavy atom. The third kappa shape index (κ3) is 3.55. The van der Waals surface area contributed by atoms with Crippen molar-refractivity contribution in [1.29, 1.82) is 0 Å². The van der Waals surface area contributed by atoms with E-state index in [2.05, 4.69) is 32.8 Å². The van der Waals surface area contributed by atoms with Gasteiger partial charge in [-0.2, -0.15) is 0 Å². The molecule has 0 radical (unpaired) electrons. The van der Waals surface area contributed by atoms with Crippen molar-refractivity contribution in [1.82, 2.24) is 9.97 Å². The molecule has 0 aliphatic heterocycles. The van der Waals surface area contributed by atoms with E-state index in [0.717, 1.165) is 34.2 Å². The summed E-state index contributed by atoms with van der Waals surface area (Å²) in [6.45, 7) is 2.08. The summed E-state index contributed by atoms with van der Waals surface area (Å²) in [6.07, 6.45) is 5.45. The molecule has 0 aliphatic carbocycles. The Hall–Kier alpha value is -1.46. The lowest BCUT2D eigenvalue weighted by atomic mass is 10.1. The molecule has 5 heteroatoms. The summed E-state index contributed by atoms with van der Waals surface area (Å²) in [5, 5.41) is 0. The second kappa shape index (κ2) is 6.81. The van der Waals surface area contributed by atoms with Gasteiger partial charge in [-0.3, -0.25) is 0 Å². The summed E-state index contributed by atoms with van der Waals surface area (Å²) >= 11 is 3.46. The average molecular weight is 336 g/mol. The molecule has 1 unspecified atom stereocenters. The van der Waals surface area contributed by atoms with Crippen LogP contribution in [0.2, 0.25) is 0 Å². The largest absolute Gasteiger partial charge is 0.496 e. The van der Waals surface area contributed by atoms with Crippen LogP contribution >= 0.6 is 15.9 Å². The van der Waals surface area contributed by atoms with E-state index in [0.29, 0.717) is 5.82 Å². The molecule has 106 valence electrons. The highest BCUT2D eigenvalue weighted by atomic mass is 79.9. The topological polar surface area (TPSA) is 61.0 Å². The summed E-state index contributed by atoms with van der Waals surface area (Å²) in [7, 11) is 1.64. The van der Waals surface area contributed by atoms with E-state index in [1.807, 2.05) is 30.6 Å². The molecule has 0 bridgehead atoms. The number of rotatable bonds is 5. The molecule has 1 aromatic carbocycles. The van der Waals surface area contributed by atoms with Crippen LogP contribution in [0.3, 0.4) is 0 Å². The number of halogens is 1. The zero-order valence-electron chi connectivity index (χ0n) is 11.6. The van der Waals surface area contributed by atoms with E-state index >= 15 is 0 Å². The van der Waals surface area contributed by atoms with Crippen LogP contribution in [0, 0.1) is 0 Å².